The van der Waals surface area contributed by atoms with Gasteiger partial charge in [-0.15, -0.1) is 5.10 Å². The Morgan fingerprint density at radius 1 is 1.39 bits per heavy atom. The molecule has 0 atom stereocenters. The molecule has 0 aromatic carbocycles. The second-order valence-electron chi connectivity index (χ2n) is 5.19. The number of nitrogens with one attached hydrogen (secondary N) is 1. The van der Waals surface area contributed by atoms with Crippen molar-refractivity contribution in [1.29, 1.82) is 0 Å². The van der Waals surface area contributed by atoms with Crippen molar-refractivity contribution in [2.24, 2.45) is 0 Å². The molecule has 0 aliphatic rings. The van der Waals surface area contributed by atoms with Crippen LogP contribution in [-0.2, 0) is 16.8 Å². The standard InChI is InChI=1S/C12H24N4O2/c1-12(2,3)16-10-11(14-15-16)9-13-5-4-7-18-8-6-17/h10,13,17H,4-9H2,1-3H3. The van der Waals surface area contributed by atoms with Gasteiger partial charge in [0.05, 0.1) is 30.6 Å². The molecule has 6 heteroatoms. The summed E-state index contributed by atoms with van der Waals surface area (Å²) in [4.78, 5) is 0. The summed E-state index contributed by atoms with van der Waals surface area (Å²) in [7, 11) is 0. The Kier molecular flexibility index (Phi) is 6.24. The van der Waals surface area contributed by atoms with Crippen LogP contribution in [0, 0.1) is 0 Å². The van der Waals surface area contributed by atoms with Gasteiger partial charge in [-0.2, -0.15) is 0 Å². The number of aliphatic hydroxyl groups excluding tert-OH is 1. The molecule has 18 heavy (non-hydrogen) atoms. The molecule has 1 heterocycles. The molecule has 1 rings (SSSR count). The highest BCUT2D eigenvalue weighted by Gasteiger charge is 2.14. The van der Waals surface area contributed by atoms with Crippen LogP contribution >= 0.6 is 0 Å². The molecule has 0 spiro atoms. The van der Waals surface area contributed by atoms with Crippen molar-refractivity contribution in [1.82, 2.24) is 20.3 Å². The Bertz CT molecular complexity index is 333. The molecule has 104 valence electrons. The first-order valence-corrected chi connectivity index (χ1v) is 6.35. The Morgan fingerprint density at radius 3 is 2.78 bits per heavy atom. The zero-order valence-electron chi connectivity index (χ0n) is 11.5. The molecule has 0 bridgehead atoms. The Hall–Kier alpha value is -0.980. The monoisotopic (exact) mass is 256 g/mol. The van der Waals surface area contributed by atoms with E-state index in [1.54, 1.807) is 0 Å². The minimum atomic E-state index is -0.0244. The van der Waals surface area contributed by atoms with Crippen molar-refractivity contribution in [3.63, 3.8) is 0 Å². The lowest BCUT2D eigenvalue weighted by atomic mass is 10.1. The predicted octanol–water partition coefficient (Wildman–Crippen LogP) is 0.522. The van der Waals surface area contributed by atoms with Gasteiger partial charge in [0, 0.05) is 13.2 Å². The summed E-state index contributed by atoms with van der Waals surface area (Å²) >= 11 is 0. The lowest BCUT2D eigenvalue weighted by Crippen LogP contribution is -2.22. The first-order chi connectivity index (χ1) is 8.54. The van der Waals surface area contributed by atoms with Crippen LogP contribution < -0.4 is 5.32 Å². The molecule has 0 saturated heterocycles. The van der Waals surface area contributed by atoms with E-state index < -0.39 is 0 Å². The van der Waals surface area contributed by atoms with Crippen LogP contribution in [0.1, 0.15) is 32.9 Å². The SMILES string of the molecule is CC(C)(C)n1cc(CNCCCOCCO)nn1. The first-order valence-electron chi connectivity index (χ1n) is 6.35. The van der Waals surface area contributed by atoms with E-state index in [0.717, 1.165) is 25.2 Å². The normalized spacial score (nSPS) is 12.0. The van der Waals surface area contributed by atoms with Gasteiger partial charge in [-0.25, -0.2) is 4.68 Å². The Morgan fingerprint density at radius 2 is 2.17 bits per heavy atom. The second kappa shape index (κ2) is 7.45. The number of hydrogen-bond acceptors (Lipinski definition) is 5. The maximum absolute atomic E-state index is 8.53. The average molecular weight is 256 g/mol. The largest absolute Gasteiger partial charge is 0.394 e. The topological polar surface area (TPSA) is 72.2 Å². The zero-order valence-corrected chi connectivity index (χ0v) is 11.5. The predicted molar refractivity (Wildman–Crippen MR) is 69.2 cm³/mol. The molecule has 0 unspecified atom stereocenters. The summed E-state index contributed by atoms with van der Waals surface area (Å²) in [6.45, 7) is 9.04. The van der Waals surface area contributed by atoms with E-state index >= 15 is 0 Å². The van der Waals surface area contributed by atoms with Crippen molar-refractivity contribution >= 4 is 0 Å². The Balaban J connectivity index is 2.14. The first kappa shape index (κ1) is 15.1. The fourth-order valence-electron chi connectivity index (χ4n) is 1.39. The lowest BCUT2D eigenvalue weighted by molar-refractivity contribution is 0.0907. The molecule has 0 amide bonds. The van der Waals surface area contributed by atoms with Crippen LogP contribution in [0.5, 0.6) is 0 Å². The minimum absolute atomic E-state index is 0.0244. The summed E-state index contributed by atoms with van der Waals surface area (Å²) in [6, 6.07) is 0. The molecule has 1 aromatic rings. The third-order valence-electron chi connectivity index (χ3n) is 2.41. The highest BCUT2D eigenvalue weighted by Crippen LogP contribution is 2.11. The van der Waals surface area contributed by atoms with Crippen molar-refractivity contribution in [3.05, 3.63) is 11.9 Å². The van der Waals surface area contributed by atoms with Crippen LogP contribution in [0.4, 0.5) is 0 Å². The molecule has 0 fully saturated rings. The Labute approximate surface area is 108 Å². The van der Waals surface area contributed by atoms with Crippen molar-refractivity contribution in [2.75, 3.05) is 26.4 Å². The van der Waals surface area contributed by atoms with Gasteiger partial charge >= 0.3 is 0 Å². The van der Waals surface area contributed by atoms with E-state index in [2.05, 4.69) is 36.4 Å². The van der Waals surface area contributed by atoms with E-state index in [0.29, 0.717) is 13.2 Å². The van der Waals surface area contributed by atoms with Crippen LogP contribution in [0.2, 0.25) is 0 Å². The summed E-state index contributed by atoms with van der Waals surface area (Å²) < 4.78 is 7.03. The quantitative estimate of drug-likeness (QED) is 0.664. The fraction of sp³-hybridized carbons (Fsp3) is 0.833. The number of aromatic nitrogens is 3. The van der Waals surface area contributed by atoms with Crippen molar-refractivity contribution < 1.29 is 9.84 Å². The van der Waals surface area contributed by atoms with Gasteiger partial charge in [-0.05, 0) is 33.7 Å². The third-order valence-corrected chi connectivity index (χ3v) is 2.41. The van der Waals surface area contributed by atoms with Gasteiger partial charge in [-0.1, -0.05) is 5.21 Å². The summed E-state index contributed by atoms with van der Waals surface area (Å²) in [5.41, 5.74) is 0.921. The molecular formula is C12H24N4O2. The smallest absolute Gasteiger partial charge is 0.0965 e. The van der Waals surface area contributed by atoms with E-state index in [-0.39, 0.29) is 12.1 Å². The minimum Gasteiger partial charge on any atom is -0.394 e. The maximum atomic E-state index is 8.53. The van der Waals surface area contributed by atoms with Crippen LogP contribution in [0.25, 0.3) is 0 Å². The van der Waals surface area contributed by atoms with Crippen LogP contribution in [0.15, 0.2) is 6.20 Å². The summed E-state index contributed by atoms with van der Waals surface area (Å²) in [5, 5.41) is 20.0. The van der Waals surface area contributed by atoms with Crippen LogP contribution in [-0.4, -0.2) is 46.5 Å². The summed E-state index contributed by atoms with van der Waals surface area (Å²) in [6.07, 6.45) is 2.89. The van der Waals surface area contributed by atoms with Gasteiger partial charge in [0.2, 0.25) is 0 Å². The number of aliphatic hydroxyl groups is 1. The zero-order chi connectivity index (χ0) is 13.4. The lowest BCUT2D eigenvalue weighted by Gasteiger charge is -2.17. The molecule has 0 aliphatic carbocycles. The molecule has 1 aromatic heterocycles. The van der Waals surface area contributed by atoms with E-state index in [9.17, 15) is 0 Å². The van der Waals surface area contributed by atoms with Gasteiger partial charge in [0.25, 0.3) is 0 Å². The number of nitrogens with zero attached hydrogens (tertiary/aromatic N) is 3. The van der Waals surface area contributed by atoms with Gasteiger partial charge in [0.1, 0.15) is 0 Å². The number of rotatable bonds is 8. The molecular weight excluding hydrogens is 232 g/mol. The average Bonchev–Trinajstić information content (AvgIpc) is 2.76. The third kappa shape index (κ3) is 5.57. The van der Waals surface area contributed by atoms with E-state index in [1.807, 2.05) is 10.9 Å². The second-order valence-corrected chi connectivity index (χ2v) is 5.19. The fourth-order valence-corrected chi connectivity index (χ4v) is 1.39. The van der Waals surface area contributed by atoms with E-state index in [4.69, 9.17) is 9.84 Å². The summed E-state index contributed by atoms with van der Waals surface area (Å²) in [5.74, 6) is 0. The highest BCUT2D eigenvalue weighted by atomic mass is 16.5. The van der Waals surface area contributed by atoms with Gasteiger partial charge in [0.15, 0.2) is 0 Å². The van der Waals surface area contributed by atoms with Crippen molar-refractivity contribution in [3.8, 4) is 0 Å². The molecule has 0 radical (unpaired) electrons. The van der Waals surface area contributed by atoms with Crippen LogP contribution in [0.3, 0.4) is 0 Å². The van der Waals surface area contributed by atoms with Gasteiger partial charge in [-0.3, -0.25) is 0 Å². The molecule has 0 saturated carbocycles. The maximum Gasteiger partial charge on any atom is 0.0965 e. The molecule has 2 N–H and O–H groups in total. The van der Waals surface area contributed by atoms with Gasteiger partial charge < -0.3 is 15.2 Å². The highest BCUT2D eigenvalue weighted by molar-refractivity contribution is 4.93. The van der Waals surface area contributed by atoms with Crippen molar-refractivity contribution in [2.45, 2.75) is 39.3 Å². The molecule has 6 nitrogen and oxygen atoms in total. The number of hydrogen-bond donors (Lipinski definition) is 2. The van der Waals surface area contributed by atoms with E-state index in [1.165, 1.54) is 0 Å². The molecule has 0 aliphatic heterocycles. The number of ether oxygens (including phenoxy) is 1.